The molecular formula is C10H8F2O3. The zero-order valence-electron chi connectivity index (χ0n) is 7.83. The quantitative estimate of drug-likeness (QED) is 0.617. The SMILES string of the molecule is CC(C(=O)O)C(=O)c1cc(F)cc(F)c1. The van der Waals surface area contributed by atoms with Crippen LogP contribution < -0.4 is 0 Å². The monoisotopic (exact) mass is 214 g/mol. The van der Waals surface area contributed by atoms with Gasteiger partial charge in [-0.3, -0.25) is 9.59 Å². The van der Waals surface area contributed by atoms with E-state index in [-0.39, 0.29) is 5.56 Å². The topological polar surface area (TPSA) is 54.4 Å². The molecule has 0 saturated heterocycles. The molecule has 3 nitrogen and oxygen atoms in total. The molecule has 0 fully saturated rings. The average Bonchev–Trinajstić information content (AvgIpc) is 2.13. The second kappa shape index (κ2) is 4.16. The molecule has 0 bridgehead atoms. The van der Waals surface area contributed by atoms with E-state index in [9.17, 15) is 18.4 Å². The van der Waals surface area contributed by atoms with Gasteiger partial charge in [-0.2, -0.15) is 0 Å². The molecule has 1 aromatic carbocycles. The summed E-state index contributed by atoms with van der Waals surface area (Å²) in [4.78, 5) is 21.9. The van der Waals surface area contributed by atoms with Crippen molar-refractivity contribution < 1.29 is 23.5 Å². The highest BCUT2D eigenvalue weighted by molar-refractivity contribution is 6.07. The number of benzene rings is 1. The Labute approximate surface area is 84.3 Å². The van der Waals surface area contributed by atoms with E-state index >= 15 is 0 Å². The molecule has 0 heterocycles. The summed E-state index contributed by atoms with van der Waals surface area (Å²) in [6.45, 7) is 1.16. The van der Waals surface area contributed by atoms with Gasteiger partial charge >= 0.3 is 5.97 Å². The lowest BCUT2D eigenvalue weighted by atomic mass is 9.99. The van der Waals surface area contributed by atoms with Crippen LogP contribution in [0, 0.1) is 17.6 Å². The van der Waals surface area contributed by atoms with Gasteiger partial charge in [0.1, 0.15) is 17.6 Å². The highest BCUT2D eigenvalue weighted by atomic mass is 19.1. The van der Waals surface area contributed by atoms with E-state index in [4.69, 9.17) is 5.11 Å². The van der Waals surface area contributed by atoms with Crippen LogP contribution in [0.3, 0.4) is 0 Å². The van der Waals surface area contributed by atoms with Gasteiger partial charge in [0.25, 0.3) is 0 Å². The highest BCUT2D eigenvalue weighted by Gasteiger charge is 2.22. The van der Waals surface area contributed by atoms with E-state index in [1.165, 1.54) is 0 Å². The van der Waals surface area contributed by atoms with Crippen LogP contribution >= 0.6 is 0 Å². The summed E-state index contributed by atoms with van der Waals surface area (Å²) in [7, 11) is 0. The Morgan fingerprint density at radius 1 is 1.20 bits per heavy atom. The Kier molecular flexibility index (Phi) is 3.14. The van der Waals surface area contributed by atoms with Crippen molar-refractivity contribution >= 4 is 11.8 Å². The van der Waals surface area contributed by atoms with Crippen LogP contribution in [0.4, 0.5) is 8.78 Å². The van der Waals surface area contributed by atoms with Crippen LogP contribution in [0.1, 0.15) is 17.3 Å². The molecule has 1 aromatic rings. The number of halogens is 2. The van der Waals surface area contributed by atoms with Gasteiger partial charge in [-0.05, 0) is 19.1 Å². The number of hydrogen-bond donors (Lipinski definition) is 1. The maximum absolute atomic E-state index is 12.7. The zero-order chi connectivity index (χ0) is 11.6. The number of carbonyl (C=O) groups is 2. The average molecular weight is 214 g/mol. The second-order valence-electron chi connectivity index (χ2n) is 3.08. The molecule has 1 rings (SSSR count). The van der Waals surface area contributed by atoms with E-state index in [1.807, 2.05) is 0 Å². The number of carbonyl (C=O) groups excluding carboxylic acids is 1. The Bertz CT molecular complexity index is 395. The lowest BCUT2D eigenvalue weighted by Gasteiger charge is -2.05. The molecule has 0 radical (unpaired) electrons. The molecule has 5 heteroatoms. The van der Waals surface area contributed by atoms with Crippen LogP contribution in [0.15, 0.2) is 18.2 Å². The van der Waals surface area contributed by atoms with E-state index < -0.39 is 29.3 Å². The van der Waals surface area contributed by atoms with Gasteiger partial charge in [-0.15, -0.1) is 0 Å². The molecule has 0 spiro atoms. The number of hydrogen-bond acceptors (Lipinski definition) is 2. The Morgan fingerprint density at radius 2 is 1.67 bits per heavy atom. The summed E-state index contributed by atoms with van der Waals surface area (Å²) in [6, 6.07) is 2.23. The lowest BCUT2D eigenvalue weighted by Crippen LogP contribution is -2.20. The molecule has 1 N–H and O–H groups in total. The summed E-state index contributed by atoms with van der Waals surface area (Å²) in [5.74, 6) is -5.27. The maximum Gasteiger partial charge on any atom is 0.314 e. The normalized spacial score (nSPS) is 12.2. The molecule has 0 amide bonds. The van der Waals surface area contributed by atoms with E-state index in [1.54, 1.807) is 0 Å². The van der Waals surface area contributed by atoms with Crippen molar-refractivity contribution in [3.63, 3.8) is 0 Å². The van der Waals surface area contributed by atoms with E-state index in [2.05, 4.69) is 0 Å². The van der Waals surface area contributed by atoms with Gasteiger partial charge in [0.15, 0.2) is 5.78 Å². The fourth-order valence-corrected chi connectivity index (χ4v) is 1.06. The lowest BCUT2D eigenvalue weighted by molar-refractivity contribution is -0.139. The van der Waals surface area contributed by atoms with Crippen molar-refractivity contribution in [1.82, 2.24) is 0 Å². The molecule has 0 aromatic heterocycles. The van der Waals surface area contributed by atoms with Gasteiger partial charge < -0.3 is 5.11 Å². The summed E-state index contributed by atoms with van der Waals surface area (Å²) >= 11 is 0. The first-order valence-electron chi connectivity index (χ1n) is 4.15. The van der Waals surface area contributed by atoms with Crippen LogP contribution in [-0.2, 0) is 4.79 Å². The van der Waals surface area contributed by atoms with Crippen molar-refractivity contribution in [3.05, 3.63) is 35.4 Å². The summed E-state index contributed by atoms with van der Waals surface area (Å²) in [6.07, 6.45) is 0. The third-order valence-electron chi connectivity index (χ3n) is 1.91. The van der Waals surface area contributed by atoms with Crippen LogP contribution in [0.2, 0.25) is 0 Å². The largest absolute Gasteiger partial charge is 0.481 e. The third-order valence-corrected chi connectivity index (χ3v) is 1.91. The van der Waals surface area contributed by atoms with Crippen molar-refractivity contribution in [2.45, 2.75) is 6.92 Å². The second-order valence-corrected chi connectivity index (χ2v) is 3.08. The fraction of sp³-hybridized carbons (Fsp3) is 0.200. The Balaban J connectivity index is 3.06. The number of aliphatic carboxylic acids is 1. The first-order chi connectivity index (χ1) is 6.91. The fourth-order valence-electron chi connectivity index (χ4n) is 1.06. The van der Waals surface area contributed by atoms with Crippen molar-refractivity contribution in [2.24, 2.45) is 5.92 Å². The van der Waals surface area contributed by atoms with Gasteiger partial charge in [-0.1, -0.05) is 0 Å². The maximum atomic E-state index is 12.7. The highest BCUT2D eigenvalue weighted by Crippen LogP contribution is 2.13. The zero-order valence-corrected chi connectivity index (χ0v) is 7.83. The minimum absolute atomic E-state index is 0.276. The summed E-state index contributed by atoms with van der Waals surface area (Å²) < 4.78 is 25.4. The number of Topliss-reactive ketones (excluding diaryl/α,β-unsaturated/α-hetero) is 1. The molecule has 80 valence electrons. The molecule has 0 aliphatic carbocycles. The number of carboxylic acid groups (broad SMARTS) is 1. The smallest absolute Gasteiger partial charge is 0.314 e. The van der Waals surface area contributed by atoms with Gasteiger partial charge in [0, 0.05) is 11.6 Å². The van der Waals surface area contributed by atoms with Gasteiger partial charge in [0.2, 0.25) is 0 Å². The first-order valence-corrected chi connectivity index (χ1v) is 4.15. The molecule has 1 unspecified atom stereocenters. The van der Waals surface area contributed by atoms with Crippen LogP contribution in [0.5, 0.6) is 0 Å². The van der Waals surface area contributed by atoms with Crippen molar-refractivity contribution in [2.75, 3.05) is 0 Å². The first kappa shape index (κ1) is 11.3. The van der Waals surface area contributed by atoms with Crippen molar-refractivity contribution in [3.8, 4) is 0 Å². The van der Waals surface area contributed by atoms with Crippen molar-refractivity contribution in [1.29, 1.82) is 0 Å². The van der Waals surface area contributed by atoms with Crippen LogP contribution in [0.25, 0.3) is 0 Å². The number of ketones is 1. The Hall–Kier alpha value is -1.78. The standard InChI is InChI=1S/C10H8F2O3/c1-5(10(14)15)9(13)6-2-7(11)4-8(12)3-6/h2-5H,1H3,(H,14,15). The van der Waals surface area contributed by atoms with Gasteiger partial charge in [0.05, 0.1) is 0 Å². The van der Waals surface area contributed by atoms with E-state index in [0.717, 1.165) is 19.1 Å². The summed E-state index contributed by atoms with van der Waals surface area (Å²) in [5, 5.41) is 8.54. The molecule has 15 heavy (non-hydrogen) atoms. The number of rotatable bonds is 3. The predicted molar refractivity (Wildman–Crippen MR) is 47.5 cm³/mol. The number of carboxylic acids is 1. The van der Waals surface area contributed by atoms with Gasteiger partial charge in [-0.25, -0.2) is 8.78 Å². The molecule has 0 saturated carbocycles. The molecule has 1 atom stereocenters. The van der Waals surface area contributed by atoms with E-state index in [0.29, 0.717) is 6.07 Å². The minimum atomic E-state index is -1.33. The molecule has 0 aliphatic rings. The molecule has 0 aliphatic heterocycles. The predicted octanol–water partition coefficient (Wildman–Crippen LogP) is 1.87. The minimum Gasteiger partial charge on any atom is -0.481 e. The summed E-state index contributed by atoms with van der Waals surface area (Å²) in [5.41, 5.74) is -0.276. The van der Waals surface area contributed by atoms with Crippen LogP contribution in [-0.4, -0.2) is 16.9 Å². The Morgan fingerprint density at radius 3 is 2.07 bits per heavy atom. The third kappa shape index (κ3) is 2.59. The molecular weight excluding hydrogens is 206 g/mol.